The molecule has 30 heavy (non-hydrogen) atoms. The van der Waals surface area contributed by atoms with Crippen LogP contribution >= 0.6 is 23.1 Å². The number of benzene rings is 1. The number of nitrogens with one attached hydrogen (secondary N) is 1. The van der Waals surface area contributed by atoms with Crippen molar-refractivity contribution in [1.82, 2.24) is 10.3 Å². The number of nitrogens with zero attached hydrogens (tertiary/aromatic N) is 1. The lowest BCUT2D eigenvalue weighted by Gasteiger charge is -2.07. The maximum atomic E-state index is 12.4. The number of oxazole rings is 1. The molecule has 1 fully saturated rings. The summed E-state index contributed by atoms with van der Waals surface area (Å²) < 4.78 is 11.1. The summed E-state index contributed by atoms with van der Waals surface area (Å²) in [6, 6.07) is 10.8. The van der Waals surface area contributed by atoms with Crippen molar-refractivity contribution in [2.24, 2.45) is 0 Å². The molecule has 1 N–H and O–H groups in total. The van der Waals surface area contributed by atoms with Gasteiger partial charge in [0, 0.05) is 4.88 Å². The summed E-state index contributed by atoms with van der Waals surface area (Å²) in [5.41, 5.74) is 1.83. The van der Waals surface area contributed by atoms with E-state index in [4.69, 9.17) is 9.15 Å². The van der Waals surface area contributed by atoms with Gasteiger partial charge in [-0.3, -0.25) is 14.9 Å². The SMILES string of the molecule is Cc1ccc(-c2nc(COC(=O)c3ccc(CC4SC(=O)NC4=O)cc3)c(C)o2)s1. The topological polar surface area (TPSA) is 98.5 Å². The molecular formula is C21H18N2O5S2. The van der Waals surface area contributed by atoms with E-state index in [1.165, 1.54) is 0 Å². The Balaban J connectivity index is 1.36. The molecule has 0 saturated carbocycles. The Morgan fingerprint density at radius 2 is 1.93 bits per heavy atom. The van der Waals surface area contributed by atoms with Gasteiger partial charge in [-0.1, -0.05) is 23.9 Å². The van der Waals surface area contributed by atoms with E-state index in [0.29, 0.717) is 29.3 Å². The molecule has 1 saturated heterocycles. The summed E-state index contributed by atoms with van der Waals surface area (Å²) in [6.07, 6.45) is 0.417. The van der Waals surface area contributed by atoms with Crippen LogP contribution in [0.3, 0.4) is 0 Å². The molecule has 1 aromatic carbocycles. The van der Waals surface area contributed by atoms with Gasteiger partial charge in [0.25, 0.3) is 5.24 Å². The van der Waals surface area contributed by atoms with Crippen molar-refractivity contribution in [3.05, 3.63) is 63.9 Å². The number of thiophene rings is 1. The number of hydrogen-bond donors (Lipinski definition) is 1. The highest BCUT2D eigenvalue weighted by molar-refractivity contribution is 8.15. The van der Waals surface area contributed by atoms with E-state index in [9.17, 15) is 14.4 Å². The zero-order valence-electron chi connectivity index (χ0n) is 16.3. The van der Waals surface area contributed by atoms with Crippen LogP contribution in [0, 0.1) is 13.8 Å². The zero-order valence-corrected chi connectivity index (χ0v) is 17.9. The minimum atomic E-state index is -0.472. The number of ether oxygens (including phenoxy) is 1. The van der Waals surface area contributed by atoms with Crippen molar-refractivity contribution in [3.8, 4) is 10.8 Å². The standard InChI is InChI=1S/C21H18N2O5S2/c1-11-3-8-16(29-11)19-22-15(12(2)28-19)10-27-20(25)14-6-4-13(5-7-14)9-17-18(24)23-21(26)30-17/h3-8,17H,9-10H2,1-2H3,(H,23,24,26). The summed E-state index contributed by atoms with van der Waals surface area (Å²) in [7, 11) is 0. The molecule has 2 aromatic heterocycles. The fourth-order valence-electron chi connectivity index (χ4n) is 2.95. The molecule has 9 heteroatoms. The summed E-state index contributed by atoms with van der Waals surface area (Å²) in [4.78, 5) is 41.8. The molecule has 2 amide bonds. The third kappa shape index (κ3) is 4.47. The molecule has 1 unspecified atom stereocenters. The van der Waals surface area contributed by atoms with Crippen LogP contribution in [0.5, 0.6) is 0 Å². The summed E-state index contributed by atoms with van der Waals surface area (Å²) >= 11 is 2.57. The Bertz CT molecular complexity index is 1120. The first kappa shape index (κ1) is 20.4. The molecule has 3 aromatic rings. The van der Waals surface area contributed by atoms with Crippen LogP contribution in [0.15, 0.2) is 40.8 Å². The number of esters is 1. The van der Waals surface area contributed by atoms with Gasteiger partial charge in [0.05, 0.1) is 15.7 Å². The molecule has 0 aliphatic carbocycles. The minimum Gasteiger partial charge on any atom is -0.455 e. The monoisotopic (exact) mass is 442 g/mol. The maximum absolute atomic E-state index is 12.4. The van der Waals surface area contributed by atoms with Crippen molar-refractivity contribution >= 4 is 40.2 Å². The quantitative estimate of drug-likeness (QED) is 0.569. The minimum absolute atomic E-state index is 0.0152. The summed E-state index contributed by atoms with van der Waals surface area (Å²) in [6.45, 7) is 3.82. The van der Waals surface area contributed by atoms with Gasteiger partial charge in [-0.2, -0.15) is 0 Å². The van der Waals surface area contributed by atoms with Crippen LogP contribution in [0.2, 0.25) is 0 Å². The van der Waals surface area contributed by atoms with Crippen molar-refractivity contribution < 1.29 is 23.5 Å². The van der Waals surface area contributed by atoms with E-state index < -0.39 is 11.2 Å². The van der Waals surface area contributed by atoms with Crippen LogP contribution in [-0.4, -0.2) is 27.3 Å². The van der Waals surface area contributed by atoms with E-state index in [-0.39, 0.29) is 17.8 Å². The van der Waals surface area contributed by atoms with E-state index in [2.05, 4.69) is 10.3 Å². The van der Waals surface area contributed by atoms with Crippen molar-refractivity contribution in [2.45, 2.75) is 32.1 Å². The number of aromatic nitrogens is 1. The highest BCUT2D eigenvalue weighted by atomic mass is 32.2. The molecule has 0 spiro atoms. The van der Waals surface area contributed by atoms with Crippen molar-refractivity contribution in [1.29, 1.82) is 0 Å². The average molecular weight is 443 g/mol. The second-order valence-electron chi connectivity index (χ2n) is 6.79. The van der Waals surface area contributed by atoms with E-state index in [0.717, 1.165) is 27.1 Å². The normalized spacial score (nSPS) is 16.0. The number of aryl methyl sites for hydroxylation is 2. The Morgan fingerprint density at radius 1 is 1.17 bits per heavy atom. The first-order valence-corrected chi connectivity index (χ1v) is 10.9. The highest BCUT2D eigenvalue weighted by Crippen LogP contribution is 2.29. The zero-order chi connectivity index (χ0) is 21.3. The Kier molecular flexibility index (Phi) is 5.74. The fourth-order valence-corrected chi connectivity index (χ4v) is 4.61. The third-order valence-corrected chi connectivity index (χ3v) is 6.53. The lowest BCUT2D eigenvalue weighted by Crippen LogP contribution is -2.25. The van der Waals surface area contributed by atoms with Crippen LogP contribution in [0.4, 0.5) is 4.79 Å². The molecule has 3 heterocycles. The molecule has 0 bridgehead atoms. The second-order valence-corrected chi connectivity index (χ2v) is 9.26. The van der Waals surface area contributed by atoms with Gasteiger partial charge in [-0.25, -0.2) is 9.78 Å². The lowest BCUT2D eigenvalue weighted by atomic mass is 10.1. The van der Waals surface area contributed by atoms with Gasteiger partial charge < -0.3 is 9.15 Å². The van der Waals surface area contributed by atoms with Crippen molar-refractivity contribution in [2.75, 3.05) is 0 Å². The fraction of sp³-hybridized carbons (Fsp3) is 0.238. The Morgan fingerprint density at radius 3 is 2.57 bits per heavy atom. The smallest absolute Gasteiger partial charge is 0.338 e. The average Bonchev–Trinajstić information content (AvgIpc) is 3.39. The molecule has 1 aliphatic rings. The van der Waals surface area contributed by atoms with Gasteiger partial charge in [-0.05, 0) is 50.1 Å². The number of hydrogen-bond acceptors (Lipinski definition) is 8. The molecule has 7 nitrogen and oxygen atoms in total. The number of thioether (sulfide) groups is 1. The van der Waals surface area contributed by atoms with Crippen molar-refractivity contribution in [3.63, 3.8) is 0 Å². The largest absolute Gasteiger partial charge is 0.455 e. The number of imide groups is 1. The molecule has 154 valence electrons. The van der Waals surface area contributed by atoms with E-state index >= 15 is 0 Å². The van der Waals surface area contributed by atoms with Gasteiger partial charge in [0.2, 0.25) is 11.8 Å². The van der Waals surface area contributed by atoms with Gasteiger partial charge in [-0.15, -0.1) is 11.3 Å². The molecule has 0 radical (unpaired) electrons. The van der Waals surface area contributed by atoms with Gasteiger partial charge in [0.1, 0.15) is 18.1 Å². The first-order valence-electron chi connectivity index (χ1n) is 9.19. The molecular weight excluding hydrogens is 424 g/mol. The second kappa shape index (κ2) is 8.45. The molecule has 1 aliphatic heterocycles. The summed E-state index contributed by atoms with van der Waals surface area (Å²) in [5.74, 6) is 0.378. The van der Waals surface area contributed by atoms with Crippen LogP contribution in [0.25, 0.3) is 10.8 Å². The third-order valence-electron chi connectivity index (χ3n) is 4.56. The Labute approximate surface area is 180 Å². The lowest BCUT2D eigenvalue weighted by molar-refractivity contribution is -0.118. The molecule has 4 rings (SSSR count). The molecule has 1 atom stereocenters. The van der Waals surface area contributed by atoms with Gasteiger partial charge >= 0.3 is 5.97 Å². The highest BCUT2D eigenvalue weighted by Gasteiger charge is 2.31. The van der Waals surface area contributed by atoms with Crippen LogP contribution in [-0.2, 0) is 22.6 Å². The maximum Gasteiger partial charge on any atom is 0.338 e. The number of carbonyl (C=O) groups is 3. The predicted octanol–water partition coefficient (Wildman–Crippen LogP) is 4.27. The van der Waals surface area contributed by atoms with Crippen LogP contribution in [0.1, 0.15) is 32.3 Å². The first-order chi connectivity index (χ1) is 14.4. The number of rotatable bonds is 6. The Hall–Kier alpha value is -2.91. The number of carbonyl (C=O) groups excluding carboxylic acids is 3. The number of amides is 2. The predicted molar refractivity (Wildman–Crippen MR) is 113 cm³/mol. The van der Waals surface area contributed by atoms with E-state index in [1.54, 1.807) is 42.5 Å². The summed E-state index contributed by atoms with van der Waals surface area (Å²) in [5, 5.41) is 1.50. The van der Waals surface area contributed by atoms with Gasteiger partial charge in [0.15, 0.2) is 0 Å². The van der Waals surface area contributed by atoms with Crippen LogP contribution < -0.4 is 5.32 Å². The van der Waals surface area contributed by atoms with E-state index in [1.807, 2.05) is 19.1 Å².